The zero-order valence-corrected chi connectivity index (χ0v) is 12.2. The average molecular weight is 276 g/mol. The topological polar surface area (TPSA) is 58.2 Å². The highest BCUT2D eigenvalue weighted by Gasteiger charge is 2.03. The van der Waals surface area contributed by atoms with Crippen LogP contribution >= 0.6 is 0 Å². The number of amides is 2. The summed E-state index contributed by atoms with van der Waals surface area (Å²) >= 11 is 0. The molecule has 20 heavy (non-hydrogen) atoms. The lowest BCUT2D eigenvalue weighted by Crippen LogP contribution is -2.26. The number of nitrogens with one attached hydrogen (secondary N) is 2. The number of benzene rings is 1. The molecule has 0 atom stereocenters. The second kappa shape index (κ2) is 10.0. The van der Waals surface area contributed by atoms with E-state index < -0.39 is 0 Å². The van der Waals surface area contributed by atoms with Crippen LogP contribution in [0.1, 0.15) is 43.7 Å². The van der Waals surface area contributed by atoms with E-state index in [1.165, 1.54) is 19.3 Å². The summed E-state index contributed by atoms with van der Waals surface area (Å²) in [5.41, 5.74) is 1.98. The van der Waals surface area contributed by atoms with Crippen molar-refractivity contribution in [3.63, 3.8) is 0 Å². The summed E-state index contributed by atoms with van der Waals surface area (Å²) in [6, 6.07) is 7.72. The highest BCUT2D eigenvalue weighted by atomic mass is 16.1. The Morgan fingerprint density at radius 1 is 1.20 bits per heavy atom. The van der Waals surface area contributed by atoms with Gasteiger partial charge in [0.2, 0.25) is 12.3 Å². The van der Waals surface area contributed by atoms with Gasteiger partial charge in [-0.15, -0.1) is 0 Å². The fourth-order valence-electron chi connectivity index (χ4n) is 2.04. The molecule has 0 heterocycles. The number of rotatable bonds is 10. The predicted octanol–water partition coefficient (Wildman–Crippen LogP) is 2.17. The Morgan fingerprint density at radius 3 is 2.75 bits per heavy atom. The van der Waals surface area contributed by atoms with Crippen molar-refractivity contribution in [3.8, 4) is 0 Å². The molecule has 1 aromatic carbocycles. The largest absolute Gasteiger partial charge is 0.356 e. The summed E-state index contributed by atoms with van der Waals surface area (Å²) in [6.07, 6.45) is 5.71. The van der Waals surface area contributed by atoms with Crippen molar-refractivity contribution in [2.45, 2.75) is 45.6 Å². The number of carbonyl (C=O) groups is 2. The van der Waals surface area contributed by atoms with E-state index in [9.17, 15) is 9.59 Å². The number of carbonyl (C=O) groups excluding carboxylic acids is 2. The smallest absolute Gasteiger partial charge is 0.224 e. The van der Waals surface area contributed by atoms with Crippen molar-refractivity contribution in [2.24, 2.45) is 0 Å². The molecule has 0 spiro atoms. The lowest BCUT2D eigenvalue weighted by molar-refractivity contribution is -0.120. The van der Waals surface area contributed by atoms with E-state index in [4.69, 9.17) is 0 Å². The van der Waals surface area contributed by atoms with Crippen molar-refractivity contribution >= 4 is 12.3 Å². The summed E-state index contributed by atoms with van der Waals surface area (Å²) in [5.74, 6) is 0.0574. The molecule has 110 valence electrons. The first-order chi connectivity index (χ1) is 9.76. The van der Waals surface area contributed by atoms with Gasteiger partial charge in [0, 0.05) is 13.1 Å². The Balaban J connectivity index is 2.32. The quantitative estimate of drug-likeness (QED) is 0.508. The fraction of sp³-hybridized carbons (Fsp3) is 0.500. The minimum Gasteiger partial charge on any atom is -0.356 e. The van der Waals surface area contributed by atoms with Crippen LogP contribution in [0, 0.1) is 0 Å². The zero-order valence-electron chi connectivity index (χ0n) is 12.2. The molecule has 2 amide bonds. The van der Waals surface area contributed by atoms with Gasteiger partial charge in [0.05, 0.1) is 6.42 Å². The van der Waals surface area contributed by atoms with E-state index in [-0.39, 0.29) is 5.91 Å². The molecule has 0 unspecified atom stereocenters. The summed E-state index contributed by atoms with van der Waals surface area (Å²) in [4.78, 5) is 22.0. The van der Waals surface area contributed by atoms with E-state index in [0.717, 1.165) is 24.1 Å². The molecule has 0 aliphatic rings. The molecule has 0 radical (unpaired) electrons. The molecule has 1 aromatic rings. The molecule has 0 aliphatic carbocycles. The molecule has 0 bridgehead atoms. The summed E-state index contributed by atoms with van der Waals surface area (Å²) < 4.78 is 0. The van der Waals surface area contributed by atoms with E-state index in [2.05, 4.69) is 17.6 Å². The van der Waals surface area contributed by atoms with Crippen LogP contribution in [0.4, 0.5) is 0 Å². The highest BCUT2D eigenvalue weighted by molar-refractivity contribution is 5.78. The van der Waals surface area contributed by atoms with Gasteiger partial charge < -0.3 is 10.6 Å². The minimum atomic E-state index is 0.0574. The standard InChI is InChI=1S/C16H24N2O2/c1-2-3-4-5-9-18-16(20)11-14-7-6-8-15(10-14)12-17-13-19/h6-8,10,13H,2-5,9,11-12H2,1H3,(H,17,19)(H,18,20). The molecular formula is C16H24N2O2. The molecule has 0 aromatic heterocycles. The van der Waals surface area contributed by atoms with E-state index in [0.29, 0.717) is 19.4 Å². The molecule has 0 fully saturated rings. The van der Waals surface area contributed by atoms with Gasteiger partial charge in [-0.3, -0.25) is 9.59 Å². The minimum absolute atomic E-state index is 0.0574. The third kappa shape index (κ3) is 6.92. The summed E-state index contributed by atoms with van der Waals surface area (Å²) in [7, 11) is 0. The van der Waals surface area contributed by atoms with Crippen LogP contribution in [-0.2, 0) is 22.6 Å². The Morgan fingerprint density at radius 2 is 2.00 bits per heavy atom. The van der Waals surface area contributed by atoms with E-state index in [1.54, 1.807) is 0 Å². The van der Waals surface area contributed by atoms with Gasteiger partial charge in [0.1, 0.15) is 0 Å². The van der Waals surface area contributed by atoms with Crippen molar-refractivity contribution in [3.05, 3.63) is 35.4 Å². The molecule has 1 rings (SSSR count). The maximum absolute atomic E-state index is 11.8. The van der Waals surface area contributed by atoms with Crippen molar-refractivity contribution in [1.82, 2.24) is 10.6 Å². The second-order valence-electron chi connectivity index (χ2n) is 4.91. The zero-order chi connectivity index (χ0) is 14.6. The van der Waals surface area contributed by atoms with Crippen LogP contribution in [0.2, 0.25) is 0 Å². The fourth-order valence-corrected chi connectivity index (χ4v) is 2.04. The maximum Gasteiger partial charge on any atom is 0.224 e. The second-order valence-corrected chi connectivity index (χ2v) is 4.91. The molecule has 2 N–H and O–H groups in total. The van der Waals surface area contributed by atoms with E-state index in [1.807, 2.05) is 24.3 Å². The summed E-state index contributed by atoms with van der Waals surface area (Å²) in [6.45, 7) is 3.42. The third-order valence-electron chi connectivity index (χ3n) is 3.10. The van der Waals surface area contributed by atoms with Crippen LogP contribution in [0.3, 0.4) is 0 Å². The first kappa shape index (κ1) is 16.2. The predicted molar refractivity (Wildman–Crippen MR) is 80.2 cm³/mol. The van der Waals surface area contributed by atoms with Crippen molar-refractivity contribution in [1.29, 1.82) is 0 Å². The Kier molecular flexibility index (Phi) is 8.11. The summed E-state index contributed by atoms with van der Waals surface area (Å²) in [5, 5.41) is 5.56. The van der Waals surface area contributed by atoms with Crippen LogP contribution in [0.15, 0.2) is 24.3 Å². The van der Waals surface area contributed by atoms with Gasteiger partial charge in [-0.25, -0.2) is 0 Å². The average Bonchev–Trinajstić information content (AvgIpc) is 2.45. The monoisotopic (exact) mass is 276 g/mol. The van der Waals surface area contributed by atoms with Gasteiger partial charge >= 0.3 is 0 Å². The Bertz CT molecular complexity index is 419. The molecule has 4 heteroatoms. The van der Waals surface area contributed by atoms with Gasteiger partial charge in [0.25, 0.3) is 0 Å². The van der Waals surface area contributed by atoms with Gasteiger partial charge in [0.15, 0.2) is 0 Å². The molecule has 0 aliphatic heterocycles. The maximum atomic E-state index is 11.8. The van der Waals surface area contributed by atoms with Crippen LogP contribution in [0.25, 0.3) is 0 Å². The lowest BCUT2D eigenvalue weighted by atomic mass is 10.1. The highest BCUT2D eigenvalue weighted by Crippen LogP contribution is 2.06. The van der Waals surface area contributed by atoms with E-state index >= 15 is 0 Å². The Labute approximate surface area is 121 Å². The molecule has 0 saturated heterocycles. The van der Waals surface area contributed by atoms with Gasteiger partial charge in [-0.05, 0) is 17.5 Å². The van der Waals surface area contributed by atoms with Crippen molar-refractivity contribution in [2.75, 3.05) is 6.54 Å². The van der Waals surface area contributed by atoms with Gasteiger partial charge in [-0.1, -0.05) is 50.5 Å². The molecule has 4 nitrogen and oxygen atoms in total. The van der Waals surface area contributed by atoms with Crippen LogP contribution < -0.4 is 10.6 Å². The van der Waals surface area contributed by atoms with Crippen LogP contribution in [-0.4, -0.2) is 18.9 Å². The van der Waals surface area contributed by atoms with Gasteiger partial charge in [-0.2, -0.15) is 0 Å². The SMILES string of the molecule is CCCCCCNC(=O)Cc1cccc(CNC=O)c1. The Hall–Kier alpha value is -1.84. The molecule has 0 saturated carbocycles. The normalized spacial score (nSPS) is 10.1. The number of unbranched alkanes of at least 4 members (excludes halogenated alkanes) is 3. The lowest BCUT2D eigenvalue weighted by Gasteiger charge is -2.07. The third-order valence-corrected chi connectivity index (χ3v) is 3.10. The van der Waals surface area contributed by atoms with Crippen LogP contribution in [0.5, 0.6) is 0 Å². The first-order valence-electron chi connectivity index (χ1n) is 7.27. The van der Waals surface area contributed by atoms with Crippen molar-refractivity contribution < 1.29 is 9.59 Å². The number of hydrogen-bond acceptors (Lipinski definition) is 2. The number of hydrogen-bond donors (Lipinski definition) is 2. The molecular weight excluding hydrogens is 252 g/mol. The first-order valence-corrected chi connectivity index (χ1v) is 7.27.